The maximum atomic E-state index is 9.36. The molecule has 3 rings (SSSR count). The molecule has 0 atom stereocenters. The Bertz CT molecular complexity index is 667. The van der Waals surface area contributed by atoms with Crippen LogP contribution in [0.25, 0.3) is 0 Å². The molecule has 2 heterocycles. The zero-order valence-electron chi connectivity index (χ0n) is 15.0. The van der Waals surface area contributed by atoms with E-state index in [1.165, 1.54) is 5.00 Å². The summed E-state index contributed by atoms with van der Waals surface area (Å²) in [6, 6.07) is 12.0. The second kappa shape index (κ2) is 10.6. The number of piperidine rings is 1. The summed E-state index contributed by atoms with van der Waals surface area (Å²) in [4.78, 5) is 7.14. The molecule has 1 saturated heterocycles. The molecule has 3 N–H and O–H groups in total. The number of nitrogens with one attached hydrogen (secondary N) is 2. The number of thiophene rings is 1. The van der Waals surface area contributed by atoms with Crippen LogP contribution in [-0.4, -0.2) is 36.7 Å². The van der Waals surface area contributed by atoms with Crippen LogP contribution in [0.4, 0.5) is 5.00 Å². The third-order valence-corrected chi connectivity index (χ3v) is 5.28. The second-order valence-corrected chi connectivity index (χ2v) is 7.14. The van der Waals surface area contributed by atoms with Crippen LogP contribution in [0, 0.1) is 0 Å². The van der Waals surface area contributed by atoms with E-state index in [2.05, 4.69) is 45.0 Å². The molecule has 0 aliphatic carbocycles. The van der Waals surface area contributed by atoms with Crippen LogP contribution in [-0.2, 0) is 6.54 Å². The number of nitrogens with zero attached hydrogens (tertiary/aromatic N) is 2. The van der Waals surface area contributed by atoms with Gasteiger partial charge in [0.1, 0.15) is 5.75 Å². The van der Waals surface area contributed by atoms with E-state index in [9.17, 15) is 5.11 Å². The molecular formula is C19H27IN4OS. The van der Waals surface area contributed by atoms with E-state index >= 15 is 0 Å². The first-order chi connectivity index (χ1) is 12.2. The lowest BCUT2D eigenvalue weighted by Gasteiger charge is -2.33. The number of halogens is 1. The summed E-state index contributed by atoms with van der Waals surface area (Å²) in [6.07, 6.45) is 2.23. The fourth-order valence-electron chi connectivity index (χ4n) is 2.98. The van der Waals surface area contributed by atoms with Gasteiger partial charge in [0.05, 0.1) is 11.5 Å². The predicted octanol–water partition coefficient (Wildman–Crippen LogP) is 3.80. The van der Waals surface area contributed by atoms with Crippen molar-refractivity contribution in [2.24, 2.45) is 4.99 Å². The van der Waals surface area contributed by atoms with E-state index in [0.717, 1.165) is 44.0 Å². The highest BCUT2D eigenvalue weighted by Crippen LogP contribution is 2.24. The number of aliphatic imine (C=N–C) groups is 1. The number of benzene rings is 1. The van der Waals surface area contributed by atoms with Crippen LogP contribution in [0.15, 0.2) is 46.8 Å². The van der Waals surface area contributed by atoms with Gasteiger partial charge in [0.25, 0.3) is 0 Å². The summed E-state index contributed by atoms with van der Waals surface area (Å²) in [5, 5.41) is 19.8. The number of aromatic hydroxyl groups is 1. The second-order valence-electron chi connectivity index (χ2n) is 6.22. The van der Waals surface area contributed by atoms with Crippen molar-refractivity contribution < 1.29 is 5.11 Å². The van der Waals surface area contributed by atoms with Gasteiger partial charge in [0.2, 0.25) is 0 Å². The monoisotopic (exact) mass is 486 g/mol. The van der Waals surface area contributed by atoms with Crippen LogP contribution >= 0.6 is 35.3 Å². The SMILES string of the molecule is CCNC(=NCc1ccc(O)cc1)NC1CCN(c2cccs2)CC1.I. The number of anilines is 1. The molecule has 0 radical (unpaired) electrons. The van der Waals surface area contributed by atoms with Gasteiger partial charge in [-0.2, -0.15) is 0 Å². The van der Waals surface area contributed by atoms with Crippen molar-refractivity contribution in [2.75, 3.05) is 24.5 Å². The lowest BCUT2D eigenvalue weighted by molar-refractivity contribution is 0.463. The van der Waals surface area contributed by atoms with Crippen LogP contribution in [0.2, 0.25) is 0 Å². The Hall–Kier alpha value is -1.48. The molecule has 1 aromatic heterocycles. The first-order valence-corrected chi connectivity index (χ1v) is 9.74. The van der Waals surface area contributed by atoms with Crippen molar-refractivity contribution in [3.63, 3.8) is 0 Å². The third kappa shape index (κ3) is 6.05. The van der Waals surface area contributed by atoms with E-state index in [4.69, 9.17) is 0 Å². The Morgan fingerprint density at radius 2 is 1.96 bits per heavy atom. The van der Waals surface area contributed by atoms with Gasteiger partial charge >= 0.3 is 0 Å². The smallest absolute Gasteiger partial charge is 0.191 e. The van der Waals surface area contributed by atoms with E-state index in [1.807, 2.05) is 23.5 Å². The topological polar surface area (TPSA) is 59.9 Å². The lowest BCUT2D eigenvalue weighted by Crippen LogP contribution is -2.48. The van der Waals surface area contributed by atoms with Gasteiger partial charge < -0.3 is 20.6 Å². The fraction of sp³-hybridized carbons (Fsp3) is 0.421. The minimum Gasteiger partial charge on any atom is -0.508 e. The molecule has 1 aliphatic heterocycles. The number of rotatable bonds is 5. The van der Waals surface area contributed by atoms with E-state index in [1.54, 1.807) is 12.1 Å². The molecule has 142 valence electrons. The van der Waals surface area contributed by atoms with E-state index in [0.29, 0.717) is 12.6 Å². The van der Waals surface area contributed by atoms with Crippen LogP contribution < -0.4 is 15.5 Å². The Labute approximate surface area is 176 Å². The Morgan fingerprint density at radius 3 is 2.58 bits per heavy atom. The van der Waals surface area contributed by atoms with Crippen LogP contribution in [0.5, 0.6) is 5.75 Å². The quantitative estimate of drug-likeness (QED) is 0.342. The molecule has 2 aromatic rings. The van der Waals surface area contributed by atoms with Crippen molar-refractivity contribution >= 4 is 46.3 Å². The van der Waals surface area contributed by atoms with Gasteiger partial charge in [-0.05, 0) is 55.0 Å². The maximum absolute atomic E-state index is 9.36. The predicted molar refractivity (Wildman–Crippen MR) is 121 cm³/mol. The van der Waals surface area contributed by atoms with E-state index < -0.39 is 0 Å². The summed E-state index contributed by atoms with van der Waals surface area (Å²) in [5.74, 6) is 1.15. The Morgan fingerprint density at radius 1 is 1.23 bits per heavy atom. The first kappa shape index (κ1) is 20.8. The highest BCUT2D eigenvalue weighted by Gasteiger charge is 2.20. The van der Waals surface area contributed by atoms with Crippen LogP contribution in [0.3, 0.4) is 0 Å². The van der Waals surface area contributed by atoms with Crippen molar-refractivity contribution in [3.8, 4) is 5.75 Å². The van der Waals surface area contributed by atoms with Gasteiger partial charge in [-0.1, -0.05) is 12.1 Å². The number of hydrogen-bond acceptors (Lipinski definition) is 4. The lowest BCUT2D eigenvalue weighted by atomic mass is 10.1. The minimum atomic E-state index is 0. The molecule has 0 bridgehead atoms. The minimum absolute atomic E-state index is 0. The fourth-order valence-corrected chi connectivity index (χ4v) is 3.76. The molecule has 0 amide bonds. The molecule has 0 saturated carbocycles. The summed E-state index contributed by atoms with van der Waals surface area (Å²) >= 11 is 1.81. The van der Waals surface area contributed by atoms with Gasteiger partial charge in [-0.25, -0.2) is 4.99 Å². The average Bonchev–Trinajstić information content (AvgIpc) is 3.16. The average molecular weight is 486 g/mol. The van der Waals surface area contributed by atoms with Crippen molar-refractivity contribution in [1.82, 2.24) is 10.6 Å². The zero-order chi connectivity index (χ0) is 17.5. The summed E-state index contributed by atoms with van der Waals surface area (Å²) in [5.41, 5.74) is 1.09. The maximum Gasteiger partial charge on any atom is 0.191 e. The van der Waals surface area contributed by atoms with Gasteiger partial charge in [0, 0.05) is 25.7 Å². The summed E-state index contributed by atoms with van der Waals surface area (Å²) in [6.45, 7) is 5.68. The number of hydrogen-bond donors (Lipinski definition) is 3. The Kier molecular flexibility index (Phi) is 8.50. The third-order valence-electron chi connectivity index (χ3n) is 4.35. The summed E-state index contributed by atoms with van der Waals surface area (Å²) < 4.78 is 0. The standard InChI is InChI=1S/C19H26N4OS.HI/c1-2-20-19(21-14-15-5-7-17(24)8-6-15)22-16-9-11-23(12-10-16)18-4-3-13-25-18;/h3-8,13,16,24H,2,9-12,14H2,1H3,(H2,20,21,22);1H. The molecule has 5 nitrogen and oxygen atoms in total. The normalized spacial score (nSPS) is 15.4. The molecule has 7 heteroatoms. The first-order valence-electron chi connectivity index (χ1n) is 8.86. The number of guanidine groups is 1. The number of phenolic OH excluding ortho intramolecular Hbond substituents is 1. The highest BCUT2D eigenvalue weighted by molar-refractivity contribution is 14.0. The Balaban J connectivity index is 0.00000243. The molecule has 0 spiro atoms. The molecule has 26 heavy (non-hydrogen) atoms. The summed E-state index contributed by atoms with van der Waals surface area (Å²) in [7, 11) is 0. The van der Waals surface area contributed by atoms with Crippen LogP contribution in [0.1, 0.15) is 25.3 Å². The zero-order valence-corrected chi connectivity index (χ0v) is 18.2. The number of phenols is 1. The van der Waals surface area contributed by atoms with E-state index in [-0.39, 0.29) is 29.7 Å². The highest BCUT2D eigenvalue weighted by atomic mass is 127. The largest absolute Gasteiger partial charge is 0.508 e. The molecule has 1 aromatic carbocycles. The molecule has 0 unspecified atom stereocenters. The van der Waals surface area contributed by atoms with Crippen molar-refractivity contribution in [1.29, 1.82) is 0 Å². The van der Waals surface area contributed by atoms with Gasteiger partial charge in [-0.15, -0.1) is 35.3 Å². The molecule has 1 fully saturated rings. The molecular weight excluding hydrogens is 459 g/mol. The molecule has 1 aliphatic rings. The van der Waals surface area contributed by atoms with Gasteiger partial charge in [0.15, 0.2) is 5.96 Å². The van der Waals surface area contributed by atoms with Gasteiger partial charge in [-0.3, -0.25) is 0 Å². The van der Waals surface area contributed by atoms with Crippen molar-refractivity contribution in [2.45, 2.75) is 32.4 Å². The van der Waals surface area contributed by atoms with Crippen molar-refractivity contribution in [3.05, 3.63) is 47.3 Å².